The molecule has 1 aromatic rings. The minimum atomic E-state index is 0.594. The number of nitrogens with one attached hydrogen (secondary N) is 1. The molecule has 0 aliphatic carbocycles. The van der Waals surface area contributed by atoms with Crippen LogP contribution in [0, 0.1) is 0 Å². The van der Waals surface area contributed by atoms with E-state index in [9.17, 15) is 0 Å². The smallest absolute Gasteiger partial charge is 0.0175 e. The van der Waals surface area contributed by atoms with Crippen LogP contribution in [0.15, 0.2) is 28.7 Å². The lowest BCUT2D eigenvalue weighted by Crippen LogP contribution is -2.34. The molecule has 2 unspecified atom stereocenters. The molecule has 0 fully saturated rings. The predicted molar refractivity (Wildman–Crippen MR) is 74.9 cm³/mol. The summed E-state index contributed by atoms with van der Waals surface area (Å²) in [4.78, 5) is 0. The van der Waals surface area contributed by atoms with Crippen LogP contribution in [0.25, 0.3) is 0 Å². The standard InChI is InChI=1S/C14H22BrN/c1-4-13(14(5-2)16-6-3)11-7-9-12(15)10-8-11/h7-10,13-14,16H,4-6H2,1-3H3. The third kappa shape index (κ3) is 3.60. The first-order valence-electron chi connectivity index (χ1n) is 6.21. The van der Waals surface area contributed by atoms with Crippen LogP contribution in [0.5, 0.6) is 0 Å². The molecule has 0 saturated heterocycles. The average molecular weight is 284 g/mol. The van der Waals surface area contributed by atoms with Crippen molar-refractivity contribution in [3.05, 3.63) is 34.3 Å². The van der Waals surface area contributed by atoms with E-state index in [-0.39, 0.29) is 0 Å². The van der Waals surface area contributed by atoms with E-state index in [0.29, 0.717) is 12.0 Å². The highest BCUT2D eigenvalue weighted by Crippen LogP contribution is 2.26. The second kappa shape index (κ2) is 7.08. The fourth-order valence-corrected chi connectivity index (χ4v) is 2.56. The Morgan fingerprint density at radius 1 is 1.06 bits per heavy atom. The van der Waals surface area contributed by atoms with Gasteiger partial charge in [-0.05, 0) is 43.0 Å². The van der Waals surface area contributed by atoms with Crippen LogP contribution in [0.1, 0.15) is 45.1 Å². The van der Waals surface area contributed by atoms with Gasteiger partial charge in [-0.15, -0.1) is 0 Å². The van der Waals surface area contributed by atoms with Crippen molar-refractivity contribution in [2.45, 2.75) is 45.6 Å². The summed E-state index contributed by atoms with van der Waals surface area (Å²) in [5.41, 5.74) is 1.44. The van der Waals surface area contributed by atoms with Crippen LogP contribution in [-0.4, -0.2) is 12.6 Å². The highest BCUT2D eigenvalue weighted by Gasteiger charge is 2.18. The second-order valence-electron chi connectivity index (χ2n) is 4.14. The van der Waals surface area contributed by atoms with E-state index in [1.165, 1.54) is 18.4 Å². The minimum absolute atomic E-state index is 0.594. The van der Waals surface area contributed by atoms with Gasteiger partial charge in [0.25, 0.3) is 0 Å². The van der Waals surface area contributed by atoms with E-state index in [4.69, 9.17) is 0 Å². The molecule has 0 aliphatic rings. The summed E-state index contributed by atoms with van der Waals surface area (Å²) in [6.07, 6.45) is 2.37. The summed E-state index contributed by atoms with van der Waals surface area (Å²) in [7, 11) is 0. The lowest BCUT2D eigenvalue weighted by molar-refractivity contribution is 0.420. The van der Waals surface area contributed by atoms with Crippen LogP contribution in [-0.2, 0) is 0 Å². The Kier molecular flexibility index (Phi) is 6.07. The van der Waals surface area contributed by atoms with Gasteiger partial charge in [0.15, 0.2) is 0 Å². The zero-order valence-electron chi connectivity index (χ0n) is 10.5. The molecule has 0 bridgehead atoms. The van der Waals surface area contributed by atoms with Gasteiger partial charge in [-0.3, -0.25) is 0 Å². The largest absolute Gasteiger partial charge is 0.314 e. The molecule has 2 atom stereocenters. The number of hydrogen-bond acceptors (Lipinski definition) is 1. The first kappa shape index (κ1) is 13.7. The maximum Gasteiger partial charge on any atom is 0.0175 e. The van der Waals surface area contributed by atoms with Crippen molar-refractivity contribution in [2.75, 3.05) is 6.54 Å². The molecule has 1 nitrogen and oxygen atoms in total. The van der Waals surface area contributed by atoms with Gasteiger partial charge in [0.05, 0.1) is 0 Å². The van der Waals surface area contributed by atoms with Crippen molar-refractivity contribution in [1.29, 1.82) is 0 Å². The molecule has 1 rings (SSSR count). The van der Waals surface area contributed by atoms with E-state index in [0.717, 1.165) is 11.0 Å². The van der Waals surface area contributed by atoms with Gasteiger partial charge in [-0.1, -0.05) is 48.8 Å². The highest BCUT2D eigenvalue weighted by atomic mass is 79.9. The van der Waals surface area contributed by atoms with Gasteiger partial charge < -0.3 is 5.32 Å². The topological polar surface area (TPSA) is 12.0 Å². The van der Waals surface area contributed by atoms with Gasteiger partial charge >= 0.3 is 0 Å². The lowest BCUT2D eigenvalue weighted by atomic mass is 9.88. The molecule has 0 aliphatic heterocycles. The molecule has 16 heavy (non-hydrogen) atoms. The fourth-order valence-electron chi connectivity index (χ4n) is 2.30. The molecular weight excluding hydrogens is 262 g/mol. The van der Waals surface area contributed by atoms with Gasteiger partial charge in [-0.25, -0.2) is 0 Å². The zero-order valence-corrected chi connectivity index (χ0v) is 12.0. The van der Waals surface area contributed by atoms with Crippen LogP contribution in [0.3, 0.4) is 0 Å². The third-order valence-corrected chi connectivity index (χ3v) is 3.66. The molecule has 0 radical (unpaired) electrons. The van der Waals surface area contributed by atoms with Gasteiger partial charge in [0.1, 0.15) is 0 Å². The number of benzene rings is 1. The van der Waals surface area contributed by atoms with Crippen LogP contribution >= 0.6 is 15.9 Å². The molecular formula is C14H22BrN. The van der Waals surface area contributed by atoms with E-state index in [1.54, 1.807) is 0 Å². The Balaban J connectivity index is 2.83. The summed E-state index contributed by atoms with van der Waals surface area (Å²) < 4.78 is 1.16. The molecule has 1 N–H and O–H groups in total. The summed E-state index contributed by atoms with van der Waals surface area (Å²) in [6.45, 7) is 7.75. The molecule has 0 aromatic heterocycles. The minimum Gasteiger partial charge on any atom is -0.314 e. The first-order valence-corrected chi connectivity index (χ1v) is 7.01. The van der Waals surface area contributed by atoms with E-state index in [2.05, 4.69) is 66.3 Å². The predicted octanol–water partition coefficient (Wildman–Crippen LogP) is 4.33. The summed E-state index contributed by atoms with van der Waals surface area (Å²) >= 11 is 3.49. The van der Waals surface area contributed by atoms with E-state index >= 15 is 0 Å². The lowest BCUT2D eigenvalue weighted by Gasteiger charge is -2.26. The third-order valence-electron chi connectivity index (χ3n) is 3.13. The highest BCUT2D eigenvalue weighted by molar-refractivity contribution is 9.10. The normalized spacial score (nSPS) is 14.8. The van der Waals surface area contributed by atoms with E-state index < -0.39 is 0 Å². The number of halogens is 1. The van der Waals surface area contributed by atoms with Crippen molar-refractivity contribution in [1.82, 2.24) is 5.32 Å². The average Bonchev–Trinajstić information content (AvgIpc) is 2.31. The Morgan fingerprint density at radius 2 is 1.69 bits per heavy atom. The van der Waals surface area contributed by atoms with Crippen molar-refractivity contribution in [3.8, 4) is 0 Å². The van der Waals surface area contributed by atoms with Crippen LogP contribution in [0.2, 0.25) is 0 Å². The zero-order chi connectivity index (χ0) is 12.0. The quantitative estimate of drug-likeness (QED) is 0.819. The molecule has 0 amide bonds. The van der Waals surface area contributed by atoms with Gasteiger partial charge in [0, 0.05) is 10.5 Å². The molecule has 0 saturated carbocycles. The monoisotopic (exact) mass is 283 g/mol. The maximum atomic E-state index is 3.58. The SMILES string of the molecule is CCNC(CC)C(CC)c1ccc(Br)cc1. The second-order valence-corrected chi connectivity index (χ2v) is 5.05. The van der Waals surface area contributed by atoms with Crippen LogP contribution in [0.4, 0.5) is 0 Å². The Bertz CT molecular complexity index is 294. The molecule has 2 heteroatoms. The van der Waals surface area contributed by atoms with Gasteiger partial charge in [0.2, 0.25) is 0 Å². The summed E-state index contributed by atoms with van der Waals surface area (Å²) in [5.74, 6) is 0.623. The van der Waals surface area contributed by atoms with Crippen molar-refractivity contribution in [2.24, 2.45) is 0 Å². The number of rotatable bonds is 6. The maximum absolute atomic E-state index is 3.58. The summed E-state index contributed by atoms with van der Waals surface area (Å²) in [5, 5.41) is 3.58. The Labute approximate surface area is 108 Å². The Morgan fingerprint density at radius 3 is 2.12 bits per heavy atom. The summed E-state index contributed by atoms with van der Waals surface area (Å²) in [6, 6.07) is 9.33. The number of likely N-dealkylation sites (N-methyl/N-ethyl adjacent to an activating group) is 1. The van der Waals surface area contributed by atoms with Crippen LogP contribution < -0.4 is 5.32 Å². The van der Waals surface area contributed by atoms with Crippen molar-refractivity contribution >= 4 is 15.9 Å². The van der Waals surface area contributed by atoms with Gasteiger partial charge in [-0.2, -0.15) is 0 Å². The molecule has 0 heterocycles. The fraction of sp³-hybridized carbons (Fsp3) is 0.571. The van der Waals surface area contributed by atoms with Crippen molar-refractivity contribution < 1.29 is 0 Å². The molecule has 90 valence electrons. The molecule has 0 spiro atoms. The first-order chi connectivity index (χ1) is 7.72. The number of hydrogen-bond donors (Lipinski definition) is 1. The van der Waals surface area contributed by atoms with E-state index in [1.807, 2.05) is 0 Å². The van der Waals surface area contributed by atoms with Crippen molar-refractivity contribution in [3.63, 3.8) is 0 Å². The Hall–Kier alpha value is -0.340. The molecule has 1 aromatic carbocycles.